The molecule has 33 N–H and O–H groups in total. The number of ether oxygens (including phenoxy) is 20. The monoisotopic (exact) mass is 1940 g/mol. The number of amides is 6. The molecule has 0 aromatic carbocycles. The molecule has 10 rings (SSSR count). The lowest BCUT2D eigenvalue weighted by Gasteiger charge is -2.51. The number of hydrogen-bond acceptors (Lipinski definition) is 53. The van der Waals surface area contributed by atoms with Gasteiger partial charge in [-0.3, -0.25) is 28.8 Å². The van der Waals surface area contributed by atoms with E-state index >= 15 is 0 Å². The zero-order valence-electron chi connectivity index (χ0n) is 71.7. The molecule has 6 amide bonds. The molecule has 0 aromatic heterocycles. The van der Waals surface area contributed by atoms with E-state index in [2.05, 4.69) is 31.9 Å². The summed E-state index contributed by atoms with van der Waals surface area (Å²) in [5.41, 5.74) is 0. The van der Waals surface area contributed by atoms with Crippen LogP contribution in [0.25, 0.3) is 0 Å². The highest BCUT2D eigenvalue weighted by Crippen LogP contribution is 2.41. The maximum atomic E-state index is 13.3. The van der Waals surface area contributed by atoms with Gasteiger partial charge in [-0.1, -0.05) is 0 Å². The van der Waals surface area contributed by atoms with Gasteiger partial charge < -0.3 is 265 Å². The van der Waals surface area contributed by atoms with Crippen LogP contribution < -0.4 is 31.9 Å². The lowest BCUT2D eigenvalue weighted by Crippen LogP contribution is -2.71. The van der Waals surface area contributed by atoms with Crippen LogP contribution in [0.1, 0.15) is 34.6 Å². The fourth-order valence-corrected chi connectivity index (χ4v) is 17.0. The molecule has 768 valence electrons. The third-order valence-electron chi connectivity index (χ3n) is 23.8. The minimum atomic E-state index is -2.59. The van der Waals surface area contributed by atoms with Crippen LogP contribution in [0.15, 0.2) is 0 Å². The van der Waals surface area contributed by atoms with E-state index < -0.39 is 422 Å². The summed E-state index contributed by atoms with van der Waals surface area (Å²) >= 11 is 0. The first-order valence-corrected chi connectivity index (χ1v) is 42.3. The SMILES string of the molecule is CC(=O)N[C@H]1[C@H](OC[C@H]2O[C@@H](O[C@H]3[C@H](O)[C@@H](NC(C)=O)[C@H](O[C@H]4[C@@H](O)[C@@H](CO)O[C@@H](O[C@H]5[C@H](O)[C@@H](O)[C@H](OC[C@@H](CO)NC=O)O[C@@H]5CO)[C@@H]4O)O[C@@H]3CO)[C@H](O)[C@@H](O[C@@H]3O[C@H](CO)[C@@H](O[C@@H]4O[C@H](CO)[C@H](O)[C@H](O[C@H]5O[C@H](CO)[C@H](O)[C@H](O)[C@H]5NC(C)=O)[C@H]4O)[C@H](O)[C@H]3NC(C)=O)[C@H]2O)O[C@H](CO)[C@@H](O[C@@H]2O[C@H](CO)[C@H](O)[C@H](O[C@H]3O[C@H](CO)[C@H](O)[C@H](O)[C@H]3NC(C)=O)[C@H]2O)[C@@H]1O. The summed E-state index contributed by atoms with van der Waals surface area (Å²) in [4.78, 5) is 75.5. The van der Waals surface area contributed by atoms with Crippen molar-refractivity contribution in [3.05, 3.63) is 0 Å². The first kappa shape index (κ1) is 110. The predicted molar refractivity (Wildman–Crippen MR) is 411 cm³/mol. The van der Waals surface area contributed by atoms with Crippen molar-refractivity contribution in [1.82, 2.24) is 31.9 Å². The molecular formula is C74H124N6O53. The zero-order chi connectivity index (χ0) is 97.9. The highest BCUT2D eigenvalue weighted by atomic mass is 16.8. The van der Waals surface area contributed by atoms with Gasteiger partial charge in [0.05, 0.1) is 85.3 Å². The van der Waals surface area contributed by atoms with Gasteiger partial charge in [-0.05, 0) is 0 Å². The maximum absolute atomic E-state index is 13.3. The molecular weight excluding hydrogens is 1820 g/mol. The molecule has 51 atom stereocenters. The van der Waals surface area contributed by atoms with Crippen molar-refractivity contribution in [2.75, 3.05) is 79.3 Å². The number of rotatable bonds is 39. The first-order chi connectivity index (χ1) is 63.1. The van der Waals surface area contributed by atoms with Gasteiger partial charge in [-0.2, -0.15) is 0 Å². The summed E-state index contributed by atoms with van der Waals surface area (Å²) in [6.07, 6.45) is -93.6. The van der Waals surface area contributed by atoms with E-state index in [1.54, 1.807) is 0 Å². The van der Waals surface area contributed by atoms with E-state index in [0.29, 0.717) is 0 Å². The van der Waals surface area contributed by atoms with Crippen LogP contribution >= 0.6 is 0 Å². The summed E-state index contributed by atoms with van der Waals surface area (Å²) in [6, 6.07) is -10.5. The number of aliphatic hydroxyl groups is 27. The minimum absolute atomic E-state index is 0.236. The van der Waals surface area contributed by atoms with Crippen molar-refractivity contribution in [2.24, 2.45) is 0 Å². The Kier molecular flexibility index (Phi) is 40.8. The van der Waals surface area contributed by atoms with Gasteiger partial charge in [0.25, 0.3) is 0 Å². The van der Waals surface area contributed by atoms with Gasteiger partial charge >= 0.3 is 0 Å². The Morgan fingerprint density at radius 1 is 0.248 bits per heavy atom. The molecule has 10 aliphatic rings. The predicted octanol–water partition coefficient (Wildman–Crippen LogP) is -23.0. The molecule has 10 heterocycles. The lowest BCUT2D eigenvalue weighted by molar-refractivity contribution is -0.391. The van der Waals surface area contributed by atoms with E-state index in [4.69, 9.17) is 94.7 Å². The lowest BCUT2D eigenvalue weighted by atomic mass is 9.93. The van der Waals surface area contributed by atoms with E-state index in [9.17, 15) is 167 Å². The summed E-state index contributed by atoms with van der Waals surface area (Å²) < 4.78 is 119. The molecule has 0 radical (unpaired) electrons. The second-order valence-electron chi connectivity index (χ2n) is 33.2. The number of carbonyl (C=O) groups is 6. The van der Waals surface area contributed by atoms with Crippen LogP contribution in [-0.4, -0.2) is 566 Å². The fraction of sp³-hybridized carbons (Fsp3) is 0.919. The second kappa shape index (κ2) is 49.4. The van der Waals surface area contributed by atoms with Crippen molar-refractivity contribution in [1.29, 1.82) is 0 Å². The average Bonchev–Trinajstić information content (AvgIpc) is 0.768. The quantitative estimate of drug-likeness (QED) is 0.0254. The molecule has 59 nitrogen and oxygen atoms in total. The Labute approximate surface area is 753 Å². The summed E-state index contributed by atoms with van der Waals surface area (Å²) in [5, 5.41) is 318. The topological polar surface area (TPSA) is 905 Å². The fourth-order valence-electron chi connectivity index (χ4n) is 17.0. The van der Waals surface area contributed by atoms with Crippen molar-refractivity contribution in [3.8, 4) is 0 Å². The van der Waals surface area contributed by atoms with E-state index in [1.807, 2.05) is 0 Å². The summed E-state index contributed by atoms with van der Waals surface area (Å²) in [6.45, 7) is -7.66. The van der Waals surface area contributed by atoms with Gasteiger partial charge in [0.2, 0.25) is 35.9 Å². The molecule has 0 aromatic rings. The molecule has 0 unspecified atom stereocenters. The molecule has 0 bridgehead atoms. The van der Waals surface area contributed by atoms with Crippen molar-refractivity contribution in [3.63, 3.8) is 0 Å². The van der Waals surface area contributed by atoms with Crippen molar-refractivity contribution >= 4 is 35.9 Å². The molecule has 0 spiro atoms. The van der Waals surface area contributed by atoms with Gasteiger partial charge in [-0.25, -0.2) is 0 Å². The van der Waals surface area contributed by atoms with Crippen LogP contribution in [0.4, 0.5) is 0 Å². The Balaban J connectivity index is 0.943. The van der Waals surface area contributed by atoms with Crippen LogP contribution in [-0.2, 0) is 124 Å². The summed E-state index contributed by atoms with van der Waals surface area (Å²) in [7, 11) is 0. The minimum Gasteiger partial charge on any atom is -0.394 e. The van der Waals surface area contributed by atoms with Gasteiger partial charge in [0.1, 0.15) is 244 Å². The Hall–Kier alpha value is -5.06. The maximum Gasteiger partial charge on any atom is 0.217 e. The molecule has 133 heavy (non-hydrogen) atoms. The van der Waals surface area contributed by atoms with Gasteiger partial charge in [0.15, 0.2) is 62.9 Å². The van der Waals surface area contributed by atoms with Crippen LogP contribution in [0.3, 0.4) is 0 Å². The van der Waals surface area contributed by atoms with Crippen molar-refractivity contribution < 1.29 is 261 Å². The Morgan fingerprint density at radius 2 is 0.474 bits per heavy atom. The van der Waals surface area contributed by atoms with Gasteiger partial charge in [0, 0.05) is 34.6 Å². The van der Waals surface area contributed by atoms with Crippen LogP contribution in [0.2, 0.25) is 0 Å². The third-order valence-corrected chi connectivity index (χ3v) is 23.8. The molecule has 10 fully saturated rings. The molecule has 10 aliphatic heterocycles. The Bertz CT molecular complexity index is 3630. The number of carbonyl (C=O) groups excluding carboxylic acids is 6. The van der Waals surface area contributed by atoms with Crippen molar-refractivity contribution in [2.45, 2.75) is 347 Å². The number of nitrogens with one attached hydrogen (secondary N) is 6. The van der Waals surface area contributed by atoms with Crippen LogP contribution in [0.5, 0.6) is 0 Å². The second-order valence-corrected chi connectivity index (χ2v) is 33.2. The highest BCUT2D eigenvalue weighted by Gasteiger charge is 2.62. The normalized spacial score (nSPS) is 46.7. The molecule has 0 saturated carbocycles. The zero-order valence-corrected chi connectivity index (χ0v) is 71.7. The van der Waals surface area contributed by atoms with E-state index in [1.165, 1.54) is 0 Å². The Morgan fingerprint density at radius 3 is 0.752 bits per heavy atom. The third kappa shape index (κ3) is 25.3. The number of aliphatic hydroxyl groups excluding tert-OH is 27. The summed E-state index contributed by atoms with van der Waals surface area (Å²) in [5.74, 6) is -4.68. The van der Waals surface area contributed by atoms with E-state index in [0.717, 1.165) is 34.6 Å². The first-order valence-electron chi connectivity index (χ1n) is 42.3. The standard InChI is InChI=1S/C74H124N6O53/c1-19(92)76-35-46(103)40(97)25(7-82)116-66(35)130-61-42(99)27(9-84)118-71(53(61)110)126-57-30(12-87)121-65(37(48(57)105)78-21(3)94)115-17-34-45(102)64(133-69-39(80-23(5)96)49(106)58(31(13-88)123-69)127-72-54(111)62(43(100)28(10-85)119-72)131-67-36(77-20(2)93)47(104)41(98)26(8-83)117-67)56(113)74(125-34)128-59-32(14-89)122-68(38(50(59)107)79-22(4)95)132-63-44(101)29(11-86)120-73(55(63)112)129-60-33(15-90)124-70(52(109)51(60)108)114-16-24(6-81)75-18-91/h18,24-74,81-90,97-113H,6-17H2,1-5H3,(H,75,91)(H,76,92)(H,77,93)(H,78,94)(H,79,95)(H,80,96)/t24-,25-,26-,27-,28-,29-,30-,31-,32-,33-,34-,35-,36-,37-,38-,39-,40+,41+,42+,43+,44+,45+,46-,47-,48-,49-,50-,51-,52-,53-,54-,55-,56-,57-,58-,59-,60-,61+,62+,63+,64+,65-,66-,67-,68+,69+,70-,71+,72+,73+,74+/m1/s1. The van der Waals surface area contributed by atoms with E-state index in [-0.39, 0.29) is 6.41 Å². The smallest absolute Gasteiger partial charge is 0.217 e. The molecule has 10 saturated heterocycles. The van der Waals surface area contributed by atoms with Gasteiger partial charge in [-0.15, -0.1) is 0 Å². The molecule has 0 aliphatic carbocycles. The highest BCUT2D eigenvalue weighted by molar-refractivity contribution is 5.75. The number of hydrogen-bond donors (Lipinski definition) is 33. The average molecular weight is 1950 g/mol. The molecule has 59 heteroatoms. The van der Waals surface area contributed by atoms with Crippen LogP contribution in [0, 0.1) is 0 Å². The largest absolute Gasteiger partial charge is 0.394 e.